The van der Waals surface area contributed by atoms with E-state index in [-0.39, 0.29) is 51.4 Å². The molecule has 0 spiro atoms. The number of hydrogen-bond acceptors (Lipinski definition) is 1. The maximum absolute atomic E-state index is 9.46. The van der Waals surface area contributed by atoms with Crippen molar-refractivity contribution in [2.75, 3.05) is 13.6 Å². The van der Waals surface area contributed by atoms with E-state index in [2.05, 4.69) is 17.5 Å². The zero-order chi connectivity index (χ0) is 12.1. The minimum atomic E-state index is -0.392. The molecule has 1 atom stereocenters. The van der Waals surface area contributed by atoms with Crippen molar-refractivity contribution >= 4 is 0 Å². The minimum absolute atomic E-state index is 0. The van der Waals surface area contributed by atoms with E-state index in [1.807, 2.05) is 33.8 Å². The van der Waals surface area contributed by atoms with Crippen LogP contribution in [0, 0.1) is 0 Å². The normalized spacial score (nSPS) is 14.2. The van der Waals surface area contributed by atoms with Crippen LogP contribution in [0.3, 0.4) is 0 Å². The Bertz CT molecular complexity index is 179. The standard InChI is InChI=1S/C9H14NO.2C2H6.K/c1-10-7-9(11)8-5-3-2-4-6-8;2*1-2;/h3,5-6,9,11H,2,4,7H2,1H3;2*1-2H3;/q-1;;;+1. The van der Waals surface area contributed by atoms with Crippen LogP contribution < -0.4 is 51.4 Å². The SMILES string of the molecule is CC.CC.C[N-]CC(O)C1=CCCC=C1.[K+]. The van der Waals surface area contributed by atoms with Gasteiger partial charge in [0.1, 0.15) is 0 Å². The minimum Gasteiger partial charge on any atom is -0.663 e. The van der Waals surface area contributed by atoms with Crippen molar-refractivity contribution in [3.63, 3.8) is 0 Å². The first-order valence-corrected chi connectivity index (χ1v) is 5.95. The topological polar surface area (TPSA) is 34.3 Å². The summed E-state index contributed by atoms with van der Waals surface area (Å²) in [5, 5.41) is 13.3. The van der Waals surface area contributed by atoms with Crippen LogP contribution in [0.15, 0.2) is 23.8 Å². The molecule has 2 nitrogen and oxygen atoms in total. The second kappa shape index (κ2) is 18.4. The zero-order valence-corrected chi connectivity index (χ0v) is 14.9. The Kier molecular flexibility index (Phi) is 25.6. The first-order valence-electron chi connectivity index (χ1n) is 5.95. The number of allylic oxidation sites excluding steroid dienone is 2. The van der Waals surface area contributed by atoms with Crippen LogP contribution in [-0.4, -0.2) is 24.8 Å². The molecule has 16 heavy (non-hydrogen) atoms. The molecule has 1 aliphatic rings. The van der Waals surface area contributed by atoms with E-state index in [0.29, 0.717) is 6.54 Å². The Morgan fingerprint density at radius 3 is 2.19 bits per heavy atom. The molecule has 0 saturated heterocycles. The molecular weight excluding hydrogens is 225 g/mol. The largest absolute Gasteiger partial charge is 1.00 e. The van der Waals surface area contributed by atoms with Gasteiger partial charge < -0.3 is 10.4 Å². The number of nitrogens with zero attached hydrogens (tertiary/aromatic N) is 1. The van der Waals surface area contributed by atoms with Crippen molar-refractivity contribution < 1.29 is 56.5 Å². The summed E-state index contributed by atoms with van der Waals surface area (Å²) in [4.78, 5) is 0. The molecule has 0 heterocycles. The van der Waals surface area contributed by atoms with Gasteiger partial charge in [-0.1, -0.05) is 45.9 Å². The summed E-state index contributed by atoms with van der Waals surface area (Å²) >= 11 is 0. The Balaban J connectivity index is -0.000000305. The molecule has 0 aromatic rings. The quantitative estimate of drug-likeness (QED) is 0.736. The van der Waals surface area contributed by atoms with Crippen molar-refractivity contribution in [2.45, 2.75) is 46.6 Å². The summed E-state index contributed by atoms with van der Waals surface area (Å²) in [7, 11) is 1.72. The predicted molar refractivity (Wildman–Crippen MR) is 69.3 cm³/mol. The third kappa shape index (κ3) is 11.5. The summed E-state index contributed by atoms with van der Waals surface area (Å²) in [6.45, 7) is 8.51. The number of aliphatic hydroxyl groups is 1. The van der Waals surface area contributed by atoms with E-state index in [1.54, 1.807) is 7.05 Å². The van der Waals surface area contributed by atoms with Crippen LogP contribution in [0.2, 0.25) is 0 Å². The molecule has 1 N–H and O–H groups in total. The van der Waals surface area contributed by atoms with Crippen LogP contribution in [0.25, 0.3) is 5.32 Å². The van der Waals surface area contributed by atoms with Gasteiger partial charge in [-0.3, -0.25) is 0 Å². The summed E-state index contributed by atoms with van der Waals surface area (Å²) in [5.74, 6) is 0. The molecule has 0 fully saturated rings. The fraction of sp³-hybridized carbons (Fsp3) is 0.692. The predicted octanol–water partition coefficient (Wildman–Crippen LogP) is 0.684. The molecule has 0 aromatic carbocycles. The Labute approximate surface area is 144 Å². The zero-order valence-electron chi connectivity index (χ0n) is 11.8. The maximum atomic E-state index is 9.46. The van der Waals surface area contributed by atoms with E-state index in [9.17, 15) is 5.11 Å². The van der Waals surface area contributed by atoms with Crippen molar-refractivity contribution in [2.24, 2.45) is 0 Å². The van der Waals surface area contributed by atoms with Crippen molar-refractivity contribution in [1.29, 1.82) is 0 Å². The van der Waals surface area contributed by atoms with Gasteiger partial charge in [0.25, 0.3) is 0 Å². The van der Waals surface area contributed by atoms with Crippen molar-refractivity contribution in [3.05, 3.63) is 29.1 Å². The molecular formula is C13H26KNO. The molecule has 1 unspecified atom stereocenters. The van der Waals surface area contributed by atoms with Gasteiger partial charge in [0.15, 0.2) is 0 Å². The van der Waals surface area contributed by atoms with Gasteiger partial charge in [-0.05, 0) is 18.4 Å². The van der Waals surface area contributed by atoms with Gasteiger partial charge in [0, 0.05) is 0 Å². The first-order chi connectivity index (χ1) is 7.34. The molecule has 0 radical (unpaired) electrons. The van der Waals surface area contributed by atoms with Crippen molar-refractivity contribution in [3.8, 4) is 0 Å². The molecule has 0 saturated carbocycles. The fourth-order valence-electron chi connectivity index (χ4n) is 1.16. The van der Waals surface area contributed by atoms with E-state index in [4.69, 9.17) is 0 Å². The van der Waals surface area contributed by atoms with E-state index in [0.717, 1.165) is 18.4 Å². The van der Waals surface area contributed by atoms with Gasteiger partial charge >= 0.3 is 51.4 Å². The maximum Gasteiger partial charge on any atom is 1.00 e. The average Bonchev–Trinajstić information content (AvgIpc) is 2.36. The molecule has 0 aromatic heterocycles. The van der Waals surface area contributed by atoms with E-state index >= 15 is 0 Å². The van der Waals surface area contributed by atoms with Gasteiger partial charge in [0.2, 0.25) is 0 Å². The average molecular weight is 251 g/mol. The summed E-state index contributed by atoms with van der Waals surface area (Å²) in [6.07, 6.45) is 7.91. The molecule has 1 rings (SSSR count). The summed E-state index contributed by atoms with van der Waals surface area (Å²) < 4.78 is 0. The first kappa shape index (κ1) is 22.2. The number of hydrogen-bond donors (Lipinski definition) is 1. The molecule has 0 aliphatic heterocycles. The Morgan fingerprint density at radius 2 is 1.81 bits per heavy atom. The molecule has 0 bridgehead atoms. The van der Waals surface area contributed by atoms with Gasteiger partial charge in [0.05, 0.1) is 6.10 Å². The molecule has 90 valence electrons. The van der Waals surface area contributed by atoms with Gasteiger partial charge in [-0.2, -0.15) is 7.05 Å². The Morgan fingerprint density at radius 1 is 1.25 bits per heavy atom. The van der Waals surface area contributed by atoms with Crippen molar-refractivity contribution in [1.82, 2.24) is 0 Å². The van der Waals surface area contributed by atoms with E-state index < -0.39 is 6.10 Å². The smallest absolute Gasteiger partial charge is 0.663 e. The molecule has 3 heteroatoms. The summed E-state index contributed by atoms with van der Waals surface area (Å²) in [6, 6.07) is 0. The molecule has 0 amide bonds. The third-order valence-electron chi connectivity index (χ3n) is 1.76. The third-order valence-corrected chi connectivity index (χ3v) is 1.76. The summed E-state index contributed by atoms with van der Waals surface area (Å²) in [5.41, 5.74) is 1.02. The monoisotopic (exact) mass is 251 g/mol. The number of aliphatic hydroxyl groups excluding tert-OH is 1. The second-order valence-corrected chi connectivity index (χ2v) is 2.70. The van der Waals surface area contributed by atoms with Gasteiger partial charge in [-0.15, -0.1) is 6.54 Å². The van der Waals surface area contributed by atoms with Crippen LogP contribution in [0.1, 0.15) is 40.5 Å². The second-order valence-electron chi connectivity index (χ2n) is 2.70. The Hall–Kier alpha value is 1.04. The van der Waals surface area contributed by atoms with Crippen LogP contribution in [-0.2, 0) is 0 Å². The van der Waals surface area contributed by atoms with Crippen LogP contribution in [0.5, 0.6) is 0 Å². The number of rotatable bonds is 3. The van der Waals surface area contributed by atoms with Crippen LogP contribution >= 0.6 is 0 Å². The van der Waals surface area contributed by atoms with Gasteiger partial charge in [-0.25, -0.2) is 0 Å². The fourth-order valence-corrected chi connectivity index (χ4v) is 1.16. The molecule has 1 aliphatic carbocycles. The van der Waals surface area contributed by atoms with Crippen LogP contribution in [0.4, 0.5) is 0 Å². The number of likely N-dealkylation sites (N-methyl/N-ethyl adjacent to an activating group) is 1. The van der Waals surface area contributed by atoms with E-state index in [1.165, 1.54) is 0 Å².